The molecule has 1 aromatic carbocycles. The van der Waals surface area contributed by atoms with Crippen LogP contribution >= 0.6 is 15.9 Å². The summed E-state index contributed by atoms with van der Waals surface area (Å²) >= 11 is 3.44. The molecule has 1 saturated heterocycles. The Bertz CT molecular complexity index is 546. The number of nitrogens with zero attached hydrogens (tertiary/aromatic N) is 3. The van der Waals surface area contributed by atoms with Crippen LogP contribution in [0.25, 0.3) is 11.0 Å². The molecule has 0 spiro atoms. The molecule has 0 unspecified atom stereocenters. The first-order valence-corrected chi connectivity index (χ1v) is 6.96. The molecule has 1 aliphatic rings. The van der Waals surface area contributed by atoms with Gasteiger partial charge in [-0.2, -0.15) is 0 Å². The molecule has 96 valence electrons. The largest absolute Gasteiger partial charge is 0.356 e. The molecule has 0 saturated carbocycles. The second kappa shape index (κ2) is 4.99. The standard InChI is InChI=1S/C13H16BrN3O/c1-16-4-6-17(7-5-16)9-12-11-3-2-10(14)8-13(11)18-15-12/h2-3,8H,4-7,9H2,1H3. The van der Waals surface area contributed by atoms with Crippen LogP contribution in [0.5, 0.6) is 0 Å². The summed E-state index contributed by atoms with van der Waals surface area (Å²) in [7, 11) is 2.17. The molecular weight excluding hydrogens is 294 g/mol. The fourth-order valence-electron chi connectivity index (χ4n) is 2.30. The van der Waals surface area contributed by atoms with Gasteiger partial charge in [0.1, 0.15) is 5.69 Å². The minimum absolute atomic E-state index is 0.855. The van der Waals surface area contributed by atoms with Crippen molar-refractivity contribution in [3.63, 3.8) is 0 Å². The lowest BCUT2D eigenvalue weighted by molar-refractivity contribution is 0.146. The zero-order valence-corrected chi connectivity index (χ0v) is 12.0. The third kappa shape index (κ3) is 2.43. The highest BCUT2D eigenvalue weighted by molar-refractivity contribution is 9.10. The lowest BCUT2D eigenvalue weighted by Crippen LogP contribution is -2.43. The summed E-state index contributed by atoms with van der Waals surface area (Å²) in [4.78, 5) is 4.79. The monoisotopic (exact) mass is 309 g/mol. The fourth-order valence-corrected chi connectivity index (χ4v) is 2.64. The Kier molecular flexibility index (Phi) is 3.37. The van der Waals surface area contributed by atoms with E-state index in [2.05, 4.69) is 44.0 Å². The maximum Gasteiger partial charge on any atom is 0.168 e. The van der Waals surface area contributed by atoms with E-state index in [0.717, 1.165) is 53.9 Å². The summed E-state index contributed by atoms with van der Waals surface area (Å²) in [5.74, 6) is 0. The molecule has 1 aliphatic heterocycles. The molecule has 4 nitrogen and oxygen atoms in total. The van der Waals surface area contributed by atoms with Gasteiger partial charge in [0.05, 0.1) is 0 Å². The Morgan fingerprint density at radius 2 is 2.06 bits per heavy atom. The van der Waals surface area contributed by atoms with E-state index in [9.17, 15) is 0 Å². The van der Waals surface area contributed by atoms with Gasteiger partial charge < -0.3 is 9.42 Å². The molecule has 2 aromatic rings. The van der Waals surface area contributed by atoms with E-state index in [1.807, 2.05) is 12.1 Å². The van der Waals surface area contributed by atoms with E-state index in [0.29, 0.717) is 0 Å². The topological polar surface area (TPSA) is 32.5 Å². The Morgan fingerprint density at radius 1 is 1.28 bits per heavy atom. The lowest BCUT2D eigenvalue weighted by atomic mass is 10.2. The van der Waals surface area contributed by atoms with Crippen molar-refractivity contribution in [2.24, 2.45) is 0 Å². The van der Waals surface area contributed by atoms with Crippen LogP contribution < -0.4 is 0 Å². The number of aromatic nitrogens is 1. The van der Waals surface area contributed by atoms with Gasteiger partial charge in [-0.05, 0) is 25.2 Å². The molecule has 5 heteroatoms. The first-order valence-electron chi connectivity index (χ1n) is 6.17. The lowest BCUT2D eigenvalue weighted by Gasteiger charge is -2.31. The average molecular weight is 310 g/mol. The van der Waals surface area contributed by atoms with E-state index in [4.69, 9.17) is 4.52 Å². The Morgan fingerprint density at radius 3 is 2.83 bits per heavy atom. The van der Waals surface area contributed by atoms with Crippen molar-refractivity contribution in [3.8, 4) is 0 Å². The van der Waals surface area contributed by atoms with Crippen LogP contribution in [0.1, 0.15) is 5.69 Å². The van der Waals surface area contributed by atoms with Crippen LogP contribution in [0.3, 0.4) is 0 Å². The number of likely N-dealkylation sites (N-methyl/N-ethyl adjacent to an activating group) is 1. The molecule has 1 aromatic heterocycles. The van der Waals surface area contributed by atoms with Crippen LogP contribution in [0.15, 0.2) is 27.2 Å². The van der Waals surface area contributed by atoms with Gasteiger partial charge in [0.2, 0.25) is 0 Å². The number of piperazine rings is 1. The van der Waals surface area contributed by atoms with E-state index in [1.165, 1.54) is 0 Å². The van der Waals surface area contributed by atoms with Gasteiger partial charge in [0.15, 0.2) is 5.58 Å². The molecule has 0 atom stereocenters. The SMILES string of the molecule is CN1CCN(Cc2noc3cc(Br)ccc23)CC1. The van der Waals surface area contributed by atoms with E-state index >= 15 is 0 Å². The fraction of sp³-hybridized carbons (Fsp3) is 0.462. The first-order chi connectivity index (χ1) is 8.72. The Balaban J connectivity index is 1.78. The van der Waals surface area contributed by atoms with Gasteiger partial charge in [-0.25, -0.2) is 0 Å². The Labute approximate surface area is 115 Å². The Hall–Kier alpha value is -0.910. The predicted octanol–water partition coefficient (Wildman–Crippen LogP) is 2.34. The van der Waals surface area contributed by atoms with E-state index in [1.54, 1.807) is 0 Å². The van der Waals surface area contributed by atoms with Crippen molar-refractivity contribution < 1.29 is 4.52 Å². The highest BCUT2D eigenvalue weighted by atomic mass is 79.9. The van der Waals surface area contributed by atoms with Crippen LogP contribution in [0.2, 0.25) is 0 Å². The second-order valence-corrected chi connectivity index (χ2v) is 5.76. The summed E-state index contributed by atoms with van der Waals surface area (Å²) in [6.07, 6.45) is 0. The third-order valence-corrected chi connectivity index (χ3v) is 3.97. The summed E-state index contributed by atoms with van der Waals surface area (Å²) in [5.41, 5.74) is 1.90. The molecule has 0 bridgehead atoms. The molecule has 0 radical (unpaired) electrons. The number of hydrogen-bond acceptors (Lipinski definition) is 4. The van der Waals surface area contributed by atoms with Gasteiger partial charge in [-0.15, -0.1) is 0 Å². The van der Waals surface area contributed by atoms with Crippen molar-refractivity contribution in [1.29, 1.82) is 0 Å². The van der Waals surface area contributed by atoms with Gasteiger partial charge in [0.25, 0.3) is 0 Å². The smallest absolute Gasteiger partial charge is 0.168 e. The first kappa shape index (κ1) is 12.1. The predicted molar refractivity (Wildman–Crippen MR) is 74.5 cm³/mol. The molecular formula is C13H16BrN3O. The molecule has 0 aliphatic carbocycles. The van der Waals surface area contributed by atoms with Gasteiger partial charge in [-0.1, -0.05) is 21.1 Å². The maximum absolute atomic E-state index is 5.38. The minimum Gasteiger partial charge on any atom is -0.356 e. The van der Waals surface area contributed by atoms with Crippen LogP contribution in [-0.2, 0) is 6.54 Å². The number of benzene rings is 1. The van der Waals surface area contributed by atoms with Crippen LogP contribution in [-0.4, -0.2) is 48.2 Å². The summed E-state index contributed by atoms with van der Waals surface area (Å²) in [6, 6.07) is 6.07. The average Bonchev–Trinajstić information content (AvgIpc) is 2.74. The molecule has 18 heavy (non-hydrogen) atoms. The van der Waals surface area contributed by atoms with Crippen molar-refractivity contribution in [3.05, 3.63) is 28.4 Å². The molecule has 1 fully saturated rings. The second-order valence-electron chi connectivity index (χ2n) is 4.85. The number of fused-ring (bicyclic) bond motifs is 1. The quantitative estimate of drug-likeness (QED) is 0.852. The van der Waals surface area contributed by atoms with Crippen LogP contribution in [0.4, 0.5) is 0 Å². The van der Waals surface area contributed by atoms with E-state index in [-0.39, 0.29) is 0 Å². The zero-order chi connectivity index (χ0) is 12.5. The normalized spacial score (nSPS) is 18.6. The van der Waals surface area contributed by atoms with Gasteiger partial charge in [0, 0.05) is 42.6 Å². The summed E-state index contributed by atoms with van der Waals surface area (Å²) in [5, 5.41) is 5.32. The number of rotatable bonds is 2. The number of halogens is 1. The van der Waals surface area contributed by atoms with Crippen LogP contribution in [0, 0.1) is 0 Å². The molecule has 3 rings (SSSR count). The van der Waals surface area contributed by atoms with E-state index < -0.39 is 0 Å². The van der Waals surface area contributed by atoms with Crippen molar-refractivity contribution in [1.82, 2.24) is 15.0 Å². The highest BCUT2D eigenvalue weighted by Gasteiger charge is 2.17. The van der Waals surface area contributed by atoms with Gasteiger partial charge >= 0.3 is 0 Å². The van der Waals surface area contributed by atoms with Gasteiger partial charge in [-0.3, -0.25) is 4.90 Å². The van der Waals surface area contributed by atoms with Crippen molar-refractivity contribution in [2.45, 2.75) is 6.54 Å². The molecule has 0 N–H and O–H groups in total. The highest BCUT2D eigenvalue weighted by Crippen LogP contribution is 2.23. The minimum atomic E-state index is 0.855. The zero-order valence-electron chi connectivity index (χ0n) is 10.4. The molecule has 0 amide bonds. The summed E-state index contributed by atoms with van der Waals surface area (Å²) in [6.45, 7) is 5.33. The summed E-state index contributed by atoms with van der Waals surface area (Å²) < 4.78 is 6.40. The molecule has 2 heterocycles. The number of hydrogen-bond donors (Lipinski definition) is 0. The van der Waals surface area contributed by atoms with Crippen molar-refractivity contribution in [2.75, 3.05) is 33.2 Å². The third-order valence-electron chi connectivity index (χ3n) is 3.48. The maximum atomic E-state index is 5.38. The van der Waals surface area contributed by atoms with Crippen molar-refractivity contribution >= 4 is 26.9 Å².